The van der Waals surface area contributed by atoms with Crippen LogP contribution in [0.5, 0.6) is 5.75 Å². The Kier molecular flexibility index (Phi) is 3.63. The average Bonchev–Trinajstić information content (AvgIpc) is 3.30. The number of rotatable bonds is 4. The van der Waals surface area contributed by atoms with Crippen molar-refractivity contribution in [1.82, 2.24) is 14.6 Å². The molecular formula is C21H21N5O4. The lowest BCUT2D eigenvalue weighted by Gasteiger charge is -2.56. The van der Waals surface area contributed by atoms with Crippen LogP contribution in [0.2, 0.25) is 0 Å². The zero-order chi connectivity index (χ0) is 20.5. The molecule has 6 rings (SSSR count). The number of aromatic nitrogens is 3. The maximum Gasteiger partial charge on any atom is 0.261 e. The number of morpholine rings is 1. The van der Waals surface area contributed by atoms with Gasteiger partial charge in [0.25, 0.3) is 5.91 Å². The summed E-state index contributed by atoms with van der Waals surface area (Å²) in [5, 5.41) is 17.0. The Morgan fingerprint density at radius 3 is 3.07 bits per heavy atom. The number of fused-ring (bicyclic) bond motifs is 3. The van der Waals surface area contributed by atoms with E-state index in [0.29, 0.717) is 36.0 Å². The molecule has 5 heterocycles. The van der Waals surface area contributed by atoms with E-state index in [1.165, 1.54) is 6.20 Å². The molecule has 2 fully saturated rings. The quantitative estimate of drug-likeness (QED) is 0.671. The number of benzene rings is 1. The molecule has 30 heavy (non-hydrogen) atoms. The van der Waals surface area contributed by atoms with Crippen LogP contribution < -0.4 is 15.0 Å². The molecule has 9 heteroatoms. The molecule has 0 saturated carbocycles. The molecule has 2 aromatic heterocycles. The first-order valence-electron chi connectivity index (χ1n) is 9.99. The van der Waals surface area contributed by atoms with Crippen LogP contribution >= 0.6 is 0 Å². The highest BCUT2D eigenvalue weighted by atomic mass is 16.5. The number of hydrogen-bond donors (Lipinski definition) is 2. The van der Waals surface area contributed by atoms with Crippen molar-refractivity contribution >= 4 is 22.9 Å². The molecule has 0 spiro atoms. The van der Waals surface area contributed by atoms with Gasteiger partial charge in [-0.15, -0.1) is 0 Å². The lowest BCUT2D eigenvalue weighted by atomic mass is 9.92. The van der Waals surface area contributed by atoms with Crippen LogP contribution in [0.3, 0.4) is 0 Å². The standard InChI is InChI=1S/C21H21N5O4/c1-21(11-27)7-12-5-14(15(6-17(12)30-21)25-9-18-16(25)10-29-18)24-20(28)13-8-23-26-4-2-3-22-19(13)26/h2-6,8,16,18,27H,7,9-11H2,1H3,(H,24,28)/t16-,18?,21-/m1/s1. The molecule has 154 valence electrons. The second-order valence-corrected chi connectivity index (χ2v) is 8.36. The number of carbonyl (C=O) groups excluding carboxylic acids is 1. The van der Waals surface area contributed by atoms with Crippen molar-refractivity contribution in [3.05, 3.63) is 47.9 Å². The maximum absolute atomic E-state index is 13.1. The van der Waals surface area contributed by atoms with Crippen LogP contribution in [0.25, 0.3) is 5.65 Å². The lowest BCUT2D eigenvalue weighted by molar-refractivity contribution is -0.113. The second-order valence-electron chi connectivity index (χ2n) is 8.36. The Labute approximate surface area is 172 Å². The molecule has 0 radical (unpaired) electrons. The van der Waals surface area contributed by atoms with Gasteiger partial charge in [-0.25, -0.2) is 9.50 Å². The van der Waals surface area contributed by atoms with E-state index < -0.39 is 5.60 Å². The zero-order valence-electron chi connectivity index (χ0n) is 16.4. The van der Waals surface area contributed by atoms with Gasteiger partial charge in [-0.05, 0) is 19.1 Å². The molecule has 9 nitrogen and oxygen atoms in total. The number of ether oxygens (including phenoxy) is 2. The summed E-state index contributed by atoms with van der Waals surface area (Å²) in [6, 6.07) is 6.01. The van der Waals surface area contributed by atoms with Gasteiger partial charge >= 0.3 is 0 Å². The van der Waals surface area contributed by atoms with Gasteiger partial charge in [0.1, 0.15) is 16.9 Å². The molecule has 0 aliphatic carbocycles. The average molecular weight is 407 g/mol. The molecule has 1 aromatic carbocycles. The molecule has 1 amide bonds. The highest BCUT2D eigenvalue weighted by molar-refractivity contribution is 6.09. The minimum atomic E-state index is -0.647. The number of amides is 1. The van der Waals surface area contributed by atoms with Gasteiger partial charge in [0.05, 0.1) is 42.9 Å². The van der Waals surface area contributed by atoms with E-state index in [1.54, 1.807) is 23.0 Å². The summed E-state index contributed by atoms with van der Waals surface area (Å²) in [5.74, 6) is 0.483. The topological polar surface area (TPSA) is 101 Å². The third-order valence-electron chi connectivity index (χ3n) is 6.20. The van der Waals surface area contributed by atoms with Crippen molar-refractivity contribution in [2.75, 3.05) is 30.0 Å². The zero-order valence-corrected chi connectivity index (χ0v) is 16.4. The molecule has 3 aromatic rings. The van der Waals surface area contributed by atoms with Gasteiger partial charge in [0, 0.05) is 37.0 Å². The van der Waals surface area contributed by atoms with E-state index in [-0.39, 0.29) is 18.6 Å². The predicted octanol–water partition coefficient (Wildman–Crippen LogP) is 1.25. The lowest BCUT2D eigenvalue weighted by Crippen LogP contribution is -2.71. The summed E-state index contributed by atoms with van der Waals surface area (Å²) < 4.78 is 13.1. The Bertz CT molecular complexity index is 1180. The van der Waals surface area contributed by atoms with Crippen molar-refractivity contribution < 1.29 is 19.4 Å². The van der Waals surface area contributed by atoms with Crippen molar-refractivity contribution in [2.45, 2.75) is 31.1 Å². The first kappa shape index (κ1) is 17.7. The molecule has 3 atom stereocenters. The van der Waals surface area contributed by atoms with Crippen molar-refractivity contribution in [3.63, 3.8) is 0 Å². The Morgan fingerprint density at radius 1 is 1.43 bits per heavy atom. The molecule has 3 aliphatic heterocycles. The number of nitrogens with one attached hydrogen (secondary N) is 1. The van der Waals surface area contributed by atoms with Gasteiger partial charge in [-0.2, -0.15) is 5.10 Å². The summed E-state index contributed by atoms with van der Waals surface area (Å²) in [4.78, 5) is 19.6. The summed E-state index contributed by atoms with van der Waals surface area (Å²) in [6.07, 6.45) is 5.75. The van der Waals surface area contributed by atoms with Crippen molar-refractivity contribution in [1.29, 1.82) is 0 Å². The van der Waals surface area contributed by atoms with Crippen LogP contribution in [0.15, 0.2) is 36.8 Å². The molecule has 2 N–H and O–H groups in total. The highest BCUT2D eigenvalue weighted by Gasteiger charge is 2.48. The van der Waals surface area contributed by atoms with Gasteiger partial charge in [-0.1, -0.05) is 0 Å². The smallest absolute Gasteiger partial charge is 0.261 e. The normalized spacial score (nSPS) is 26.4. The summed E-state index contributed by atoms with van der Waals surface area (Å²) in [7, 11) is 0. The SMILES string of the molecule is C[C@]1(CO)Cc2cc(NC(=O)c3cnn4cccnc34)c(N3CC4OC[C@H]43)cc2O1. The highest BCUT2D eigenvalue weighted by Crippen LogP contribution is 2.45. The summed E-state index contributed by atoms with van der Waals surface area (Å²) >= 11 is 0. The first-order valence-corrected chi connectivity index (χ1v) is 9.99. The fraction of sp³-hybridized carbons (Fsp3) is 0.381. The molecular weight excluding hydrogens is 386 g/mol. The number of hydrogen-bond acceptors (Lipinski definition) is 7. The number of aliphatic hydroxyl groups excluding tert-OH is 1. The van der Waals surface area contributed by atoms with E-state index in [0.717, 1.165) is 23.5 Å². The van der Waals surface area contributed by atoms with Gasteiger partial charge in [-0.3, -0.25) is 4.79 Å². The number of nitrogens with zero attached hydrogens (tertiary/aromatic N) is 4. The van der Waals surface area contributed by atoms with Crippen LogP contribution in [0.4, 0.5) is 11.4 Å². The Hall–Kier alpha value is -3.17. The number of aliphatic hydroxyl groups is 1. The van der Waals surface area contributed by atoms with Gasteiger partial charge in [0.2, 0.25) is 0 Å². The van der Waals surface area contributed by atoms with E-state index in [9.17, 15) is 9.90 Å². The van der Waals surface area contributed by atoms with Crippen LogP contribution in [0.1, 0.15) is 22.8 Å². The van der Waals surface area contributed by atoms with Gasteiger partial charge < -0.3 is 24.8 Å². The minimum Gasteiger partial charge on any atom is -0.484 e. The van der Waals surface area contributed by atoms with Crippen molar-refractivity contribution in [3.8, 4) is 5.75 Å². The van der Waals surface area contributed by atoms with E-state index >= 15 is 0 Å². The Balaban J connectivity index is 1.37. The molecule has 0 bridgehead atoms. The number of carbonyl (C=O) groups is 1. The molecule has 1 unspecified atom stereocenters. The number of anilines is 2. The fourth-order valence-corrected chi connectivity index (χ4v) is 4.41. The monoisotopic (exact) mass is 407 g/mol. The van der Waals surface area contributed by atoms with E-state index in [2.05, 4.69) is 20.3 Å². The third kappa shape index (κ3) is 2.52. The first-order chi connectivity index (χ1) is 14.5. The van der Waals surface area contributed by atoms with Crippen LogP contribution in [0, 0.1) is 0 Å². The maximum atomic E-state index is 13.1. The van der Waals surface area contributed by atoms with Crippen molar-refractivity contribution in [2.24, 2.45) is 0 Å². The third-order valence-corrected chi connectivity index (χ3v) is 6.20. The summed E-state index contributed by atoms with van der Waals surface area (Å²) in [5.41, 5.74) is 2.84. The predicted molar refractivity (Wildman–Crippen MR) is 108 cm³/mol. The van der Waals surface area contributed by atoms with Gasteiger partial charge in [0.15, 0.2) is 5.65 Å². The van der Waals surface area contributed by atoms with E-state index in [4.69, 9.17) is 9.47 Å². The fourth-order valence-electron chi connectivity index (χ4n) is 4.41. The largest absolute Gasteiger partial charge is 0.484 e. The van der Waals surface area contributed by atoms with E-state index in [1.807, 2.05) is 19.1 Å². The minimum absolute atomic E-state index is 0.0744. The van der Waals surface area contributed by atoms with Crippen LogP contribution in [-0.2, 0) is 11.2 Å². The summed E-state index contributed by atoms with van der Waals surface area (Å²) in [6.45, 7) is 3.27. The Morgan fingerprint density at radius 2 is 2.33 bits per heavy atom. The molecule has 2 saturated heterocycles. The van der Waals surface area contributed by atoms with Crippen LogP contribution in [-0.4, -0.2) is 63.1 Å². The second kappa shape index (κ2) is 6.16. The molecule has 3 aliphatic rings.